The van der Waals surface area contributed by atoms with Crippen molar-refractivity contribution in [3.63, 3.8) is 0 Å². The van der Waals surface area contributed by atoms with E-state index < -0.39 is 5.60 Å². The number of nitrogens with two attached hydrogens (primary N) is 1. The van der Waals surface area contributed by atoms with E-state index in [2.05, 4.69) is 24.0 Å². The van der Waals surface area contributed by atoms with Gasteiger partial charge in [-0.3, -0.25) is 0 Å². The first-order chi connectivity index (χ1) is 9.03. The minimum absolute atomic E-state index is 0.456. The van der Waals surface area contributed by atoms with E-state index in [1.54, 1.807) is 13.1 Å². The van der Waals surface area contributed by atoms with Gasteiger partial charge in [0.2, 0.25) is 0 Å². The number of hydrogen-bond donors (Lipinski definition) is 2. The molecule has 1 heterocycles. The normalized spacial score (nSPS) is 14.1. The second kappa shape index (κ2) is 5.41. The smallest absolute Gasteiger partial charge is 0.126 e. The van der Waals surface area contributed by atoms with Crippen LogP contribution in [0.25, 0.3) is 0 Å². The van der Waals surface area contributed by atoms with Gasteiger partial charge in [-0.1, -0.05) is 37.3 Å². The summed E-state index contributed by atoms with van der Waals surface area (Å²) in [5.74, 6) is 0.480. The Morgan fingerprint density at radius 2 is 1.89 bits per heavy atom. The number of nitrogens with zero attached hydrogens (tertiary/aromatic N) is 1. The molecule has 0 aliphatic rings. The van der Waals surface area contributed by atoms with Crippen molar-refractivity contribution >= 4 is 5.82 Å². The van der Waals surface area contributed by atoms with Crippen LogP contribution in [0.3, 0.4) is 0 Å². The van der Waals surface area contributed by atoms with Crippen LogP contribution in [0.4, 0.5) is 5.82 Å². The molecule has 0 spiro atoms. The summed E-state index contributed by atoms with van der Waals surface area (Å²) in [6, 6.07) is 11.8. The predicted octanol–water partition coefficient (Wildman–Crippen LogP) is 2.68. The molecular weight excluding hydrogens is 236 g/mol. The van der Waals surface area contributed by atoms with Crippen molar-refractivity contribution in [2.45, 2.75) is 32.3 Å². The van der Waals surface area contributed by atoms with Gasteiger partial charge in [0.05, 0.1) is 5.60 Å². The Kier molecular flexibility index (Phi) is 3.86. The van der Waals surface area contributed by atoms with Crippen molar-refractivity contribution in [3.8, 4) is 0 Å². The van der Waals surface area contributed by atoms with Crippen molar-refractivity contribution in [2.75, 3.05) is 5.73 Å². The predicted molar refractivity (Wildman–Crippen MR) is 77.7 cm³/mol. The third-order valence-electron chi connectivity index (χ3n) is 3.44. The number of nitrogen functional groups attached to an aromatic ring is 1. The average molecular weight is 256 g/mol. The van der Waals surface area contributed by atoms with E-state index in [4.69, 9.17) is 5.73 Å². The maximum absolute atomic E-state index is 10.6. The van der Waals surface area contributed by atoms with E-state index in [0.717, 1.165) is 17.5 Å². The Morgan fingerprint density at radius 1 is 1.21 bits per heavy atom. The summed E-state index contributed by atoms with van der Waals surface area (Å²) in [5.41, 5.74) is 7.92. The minimum Gasteiger partial charge on any atom is -0.385 e. The van der Waals surface area contributed by atoms with Gasteiger partial charge in [0.1, 0.15) is 5.82 Å². The molecule has 0 saturated heterocycles. The monoisotopic (exact) mass is 256 g/mol. The number of aromatic nitrogens is 1. The van der Waals surface area contributed by atoms with E-state index in [9.17, 15) is 5.11 Å². The zero-order valence-electron chi connectivity index (χ0n) is 11.4. The quantitative estimate of drug-likeness (QED) is 0.884. The topological polar surface area (TPSA) is 59.1 Å². The van der Waals surface area contributed by atoms with E-state index in [1.165, 1.54) is 5.56 Å². The number of aliphatic hydroxyl groups is 1. The molecule has 0 saturated carbocycles. The standard InChI is InChI=1S/C16H20N2O/c1-3-12-6-8-14(9-7-12)16(2,19)11-13-5-4-10-18-15(13)17/h4-10,19H,3,11H2,1-2H3,(H2,17,18). The maximum Gasteiger partial charge on any atom is 0.126 e. The van der Waals surface area contributed by atoms with Crippen LogP contribution in [0, 0.1) is 0 Å². The van der Waals surface area contributed by atoms with Crippen LogP contribution in [0.1, 0.15) is 30.5 Å². The van der Waals surface area contributed by atoms with Crippen molar-refractivity contribution in [3.05, 3.63) is 59.3 Å². The van der Waals surface area contributed by atoms with Crippen molar-refractivity contribution < 1.29 is 5.11 Å². The van der Waals surface area contributed by atoms with Gasteiger partial charge in [-0.2, -0.15) is 0 Å². The summed E-state index contributed by atoms with van der Waals surface area (Å²) < 4.78 is 0. The lowest BCUT2D eigenvalue weighted by atomic mass is 9.88. The number of hydrogen-bond acceptors (Lipinski definition) is 3. The highest BCUT2D eigenvalue weighted by Gasteiger charge is 2.24. The molecule has 0 aliphatic carbocycles. The fourth-order valence-electron chi connectivity index (χ4n) is 2.17. The average Bonchev–Trinajstić information content (AvgIpc) is 2.41. The van der Waals surface area contributed by atoms with E-state index in [1.807, 2.05) is 24.3 Å². The highest BCUT2D eigenvalue weighted by Crippen LogP contribution is 2.27. The third kappa shape index (κ3) is 3.12. The highest BCUT2D eigenvalue weighted by molar-refractivity contribution is 5.40. The lowest BCUT2D eigenvalue weighted by Gasteiger charge is -2.24. The molecule has 0 fully saturated rings. The highest BCUT2D eigenvalue weighted by atomic mass is 16.3. The number of benzene rings is 1. The summed E-state index contributed by atoms with van der Waals surface area (Å²) in [6.07, 6.45) is 3.11. The largest absolute Gasteiger partial charge is 0.385 e. The Morgan fingerprint density at radius 3 is 2.47 bits per heavy atom. The second-order valence-electron chi connectivity index (χ2n) is 5.05. The lowest BCUT2D eigenvalue weighted by molar-refractivity contribution is 0.0577. The molecule has 0 amide bonds. The van der Waals surface area contributed by atoms with Gasteiger partial charge in [-0.05, 0) is 36.1 Å². The summed E-state index contributed by atoms with van der Waals surface area (Å²) in [5, 5.41) is 10.6. The van der Waals surface area contributed by atoms with Crippen LogP contribution in [0.2, 0.25) is 0 Å². The molecule has 1 unspecified atom stereocenters. The first-order valence-corrected chi connectivity index (χ1v) is 6.54. The number of rotatable bonds is 4. The van der Waals surface area contributed by atoms with Crippen LogP contribution in [-0.2, 0) is 18.4 Å². The molecule has 0 radical (unpaired) electrons. The molecule has 2 aromatic rings. The Labute approximate surface area is 114 Å². The molecule has 1 aromatic heterocycles. The van der Waals surface area contributed by atoms with Gasteiger partial charge in [0, 0.05) is 12.6 Å². The molecule has 3 nitrogen and oxygen atoms in total. The van der Waals surface area contributed by atoms with Gasteiger partial charge in [-0.25, -0.2) is 4.98 Å². The molecule has 0 bridgehead atoms. The molecule has 0 aliphatic heterocycles. The fraction of sp³-hybridized carbons (Fsp3) is 0.312. The Bertz CT molecular complexity index is 547. The van der Waals surface area contributed by atoms with Crippen LogP contribution in [0.15, 0.2) is 42.6 Å². The first kappa shape index (κ1) is 13.6. The zero-order valence-corrected chi connectivity index (χ0v) is 11.4. The van der Waals surface area contributed by atoms with Crippen LogP contribution < -0.4 is 5.73 Å². The minimum atomic E-state index is -0.941. The summed E-state index contributed by atoms with van der Waals surface area (Å²) in [6.45, 7) is 3.92. The van der Waals surface area contributed by atoms with Gasteiger partial charge in [0.25, 0.3) is 0 Å². The van der Waals surface area contributed by atoms with Gasteiger partial charge >= 0.3 is 0 Å². The summed E-state index contributed by atoms with van der Waals surface area (Å²) in [4.78, 5) is 4.05. The summed E-state index contributed by atoms with van der Waals surface area (Å²) in [7, 11) is 0. The molecule has 3 N–H and O–H groups in total. The van der Waals surface area contributed by atoms with Crippen molar-refractivity contribution in [1.29, 1.82) is 0 Å². The van der Waals surface area contributed by atoms with Gasteiger partial charge in [0.15, 0.2) is 0 Å². The van der Waals surface area contributed by atoms with E-state index >= 15 is 0 Å². The molecule has 1 aromatic carbocycles. The van der Waals surface area contributed by atoms with E-state index in [-0.39, 0.29) is 0 Å². The van der Waals surface area contributed by atoms with Crippen LogP contribution in [-0.4, -0.2) is 10.1 Å². The third-order valence-corrected chi connectivity index (χ3v) is 3.44. The molecule has 19 heavy (non-hydrogen) atoms. The van der Waals surface area contributed by atoms with Gasteiger partial charge < -0.3 is 10.8 Å². The van der Waals surface area contributed by atoms with Crippen LogP contribution >= 0.6 is 0 Å². The summed E-state index contributed by atoms with van der Waals surface area (Å²) >= 11 is 0. The first-order valence-electron chi connectivity index (χ1n) is 6.54. The molecule has 2 rings (SSSR count). The second-order valence-corrected chi connectivity index (χ2v) is 5.05. The molecule has 3 heteroatoms. The van der Waals surface area contributed by atoms with Crippen molar-refractivity contribution in [1.82, 2.24) is 4.98 Å². The van der Waals surface area contributed by atoms with Crippen LogP contribution in [0.5, 0.6) is 0 Å². The number of aryl methyl sites for hydroxylation is 1. The lowest BCUT2D eigenvalue weighted by Crippen LogP contribution is -2.25. The Balaban J connectivity index is 2.24. The molecular formula is C16H20N2O. The van der Waals surface area contributed by atoms with Gasteiger partial charge in [-0.15, -0.1) is 0 Å². The number of anilines is 1. The fourth-order valence-corrected chi connectivity index (χ4v) is 2.17. The zero-order chi connectivity index (χ0) is 13.9. The Hall–Kier alpha value is -1.87. The molecule has 100 valence electrons. The molecule has 1 atom stereocenters. The van der Waals surface area contributed by atoms with E-state index in [0.29, 0.717) is 12.2 Å². The maximum atomic E-state index is 10.6. The number of pyridine rings is 1. The SMILES string of the molecule is CCc1ccc(C(C)(O)Cc2cccnc2N)cc1. The van der Waals surface area contributed by atoms with Crippen molar-refractivity contribution in [2.24, 2.45) is 0 Å².